The van der Waals surface area contributed by atoms with Gasteiger partial charge >= 0.3 is 5.97 Å². The number of fused-ring (bicyclic) bond motifs is 1. The van der Waals surface area contributed by atoms with E-state index in [9.17, 15) is 9.59 Å². The van der Waals surface area contributed by atoms with Crippen molar-refractivity contribution < 1.29 is 14.3 Å². The van der Waals surface area contributed by atoms with Crippen molar-refractivity contribution in [3.63, 3.8) is 0 Å². The van der Waals surface area contributed by atoms with Crippen LogP contribution in [0, 0.1) is 6.92 Å². The molecular weight excluding hydrogens is 366 g/mol. The van der Waals surface area contributed by atoms with Gasteiger partial charge in [-0.05, 0) is 55.0 Å². The van der Waals surface area contributed by atoms with Crippen LogP contribution in [0.4, 0.5) is 5.69 Å². The summed E-state index contributed by atoms with van der Waals surface area (Å²) in [4.78, 5) is 31.6. The number of rotatable bonds is 4. The Morgan fingerprint density at radius 2 is 1.76 bits per heavy atom. The number of amides is 1. The van der Waals surface area contributed by atoms with Gasteiger partial charge in [0.15, 0.2) is 0 Å². The van der Waals surface area contributed by atoms with Gasteiger partial charge in [0.25, 0.3) is 5.91 Å². The first kappa shape index (κ1) is 18.4. The topological polar surface area (TPSA) is 84.1 Å². The third-order valence-corrected chi connectivity index (χ3v) is 4.53. The van der Waals surface area contributed by atoms with E-state index < -0.39 is 5.97 Å². The summed E-state index contributed by atoms with van der Waals surface area (Å²) in [6, 6.07) is 20.1. The third-order valence-electron chi connectivity index (χ3n) is 4.53. The van der Waals surface area contributed by atoms with E-state index in [0.29, 0.717) is 17.0 Å². The van der Waals surface area contributed by atoms with Crippen molar-refractivity contribution in [1.82, 2.24) is 9.97 Å². The van der Waals surface area contributed by atoms with E-state index in [1.807, 2.05) is 49.4 Å². The van der Waals surface area contributed by atoms with Gasteiger partial charge in [-0.2, -0.15) is 0 Å². The summed E-state index contributed by atoms with van der Waals surface area (Å²) >= 11 is 0. The Balaban J connectivity index is 1.57. The second kappa shape index (κ2) is 7.59. The normalized spacial score (nSPS) is 10.7. The molecule has 6 nitrogen and oxygen atoms in total. The molecule has 0 saturated carbocycles. The van der Waals surface area contributed by atoms with Crippen LogP contribution < -0.4 is 10.1 Å². The molecule has 0 aliphatic heterocycles. The van der Waals surface area contributed by atoms with Crippen LogP contribution in [0.2, 0.25) is 0 Å². The monoisotopic (exact) mass is 385 g/mol. The van der Waals surface area contributed by atoms with Crippen molar-refractivity contribution >= 4 is 28.6 Å². The molecule has 4 aromatic rings. The van der Waals surface area contributed by atoms with Crippen LogP contribution in [0.25, 0.3) is 22.4 Å². The zero-order valence-electron chi connectivity index (χ0n) is 16.0. The van der Waals surface area contributed by atoms with Crippen LogP contribution in [-0.4, -0.2) is 21.8 Å². The predicted octanol–water partition coefficient (Wildman–Crippen LogP) is 4.72. The van der Waals surface area contributed by atoms with Gasteiger partial charge in [0.2, 0.25) is 0 Å². The number of nitrogens with one attached hydrogen (secondary N) is 2. The molecule has 29 heavy (non-hydrogen) atoms. The van der Waals surface area contributed by atoms with Crippen LogP contribution in [0.5, 0.6) is 5.75 Å². The number of H-pyrrole nitrogens is 1. The Labute approximate surface area is 167 Å². The Bertz CT molecular complexity index is 1180. The second-order valence-corrected chi connectivity index (χ2v) is 6.70. The fourth-order valence-corrected chi connectivity index (χ4v) is 3.03. The van der Waals surface area contributed by atoms with E-state index >= 15 is 0 Å². The molecule has 0 aliphatic carbocycles. The van der Waals surface area contributed by atoms with Crippen LogP contribution in [0.15, 0.2) is 66.7 Å². The first-order valence-electron chi connectivity index (χ1n) is 9.15. The smallest absolute Gasteiger partial charge is 0.308 e. The largest absolute Gasteiger partial charge is 0.427 e. The maximum absolute atomic E-state index is 12.6. The van der Waals surface area contributed by atoms with Gasteiger partial charge in [0.1, 0.15) is 11.6 Å². The number of benzene rings is 3. The van der Waals surface area contributed by atoms with Crippen LogP contribution >= 0.6 is 0 Å². The van der Waals surface area contributed by atoms with E-state index in [2.05, 4.69) is 15.3 Å². The lowest BCUT2D eigenvalue weighted by Gasteiger charge is -2.10. The molecular formula is C23H19N3O3. The highest BCUT2D eigenvalue weighted by atomic mass is 16.5. The van der Waals surface area contributed by atoms with E-state index in [1.54, 1.807) is 24.3 Å². The zero-order chi connectivity index (χ0) is 20.4. The summed E-state index contributed by atoms with van der Waals surface area (Å²) < 4.78 is 4.99. The number of hydrogen-bond acceptors (Lipinski definition) is 4. The van der Waals surface area contributed by atoms with Gasteiger partial charge in [0.05, 0.1) is 11.0 Å². The minimum absolute atomic E-state index is 0.246. The lowest BCUT2D eigenvalue weighted by atomic mass is 10.1. The van der Waals surface area contributed by atoms with Crippen molar-refractivity contribution in [3.05, 3.63) is 77.9 Å². The number of carbonyl (C=O) groups is 2. The van der Waals surface area contributed by atoms with Crippen molar-refractivity contribution in [2.75, 3.05) is 5.32 Å². The molecule has 0 saturated heterocycles. The average Bonchev–Trinajstić information content (AvgIpc) is 3.14. The first-order valence-corrected chi connectivity index (χ1v) is 9.15. The van der Waals surface area contributed by atoms with E-state index in [1.165, 1.54) is 6.92 Å². The molecule has 1 aromatic heterocycles. The molecule has 6 heteroatoms. The molecule has 1 heterocycles. The number of aryl methyl sites for hydroxylation is 1. The minimum Gasteiger partial charge on any atom is -0.427 e. The van der Waals surface area contributed by atoms with Crippen LogP contribution in [0.3, 0.4) is 0 Å². The summed E-state index contributed by atoms with van der Waals surface area (Å²) in [5, 5.41) is 2.94. The number of nitrogens with zero attached hydrogens (tertiary/aromatic N) is 1. The van der Waals surface area contributed by atoms with Crippen LogP contribution in [-0.2, 0) is 4.79 Å². The highest BCUT2D eigenvalue weighted by Crippen LogP contribution is 2.26. The fraction of sp³-hybridized carbons (Fsp3) is 0.0870. The van der Waals surface area contributed by atoms with Crippen molar-refractivity contribution in [1.29, 1.82) is 0 Å². The van der Waals surface area contributed by atoms with Gasteiger partial charge in [-0.3, -0.25) is 9.59 Å². The number of esters is 1. The molecule has 0 spiro atoms. The molecule has 4 rings (SSSR count). The molecule has 144 valence electrons. The Kier molecular flexibility index (Phi) is 4.83. The predicted molar refractivity (Wildman–Crippen MR) is 112 cm³/mol. The van der Waals surface area contributed by atoms with E-state index in [4.69, 9.17) is 4.74 Å². The quantitative estimate of drug-likeness (QED) is 0.393. The Morgan fingerprint density at radius 1 is 1.00 bits per heavy atom. The third kappa shape index (κ3) is 4.01. The van der Waals surface area contributed by atoms with Crippen molar-refractivity contribution in [3.8, 4) is 17.1 Å². The van der Waals surface area contributed by atoms with Gasteiger partial charge in [-0.1, -0.05) is 24.3 Å². The second-order valence-electron chi connectivity index (χ2n) is 6.70. The summed E-state index contributed by atoms with van der Waals surface area (Å²) in [5.41, 5.74) is 4.84. The molecule has 2 N–H and O–H groups in total. The van der Waals surface area contributed by atoms with Gasteiger partial charge < -0.3 is 15.0 Å². The lowest BCUT2D eigenvalue weighted by molar-refractivity contribution is -0.131. The number of imidazole rings is 1. The summed E-state index contributed by atoms with van der Waals surface area (Å²) in [6.07, 6.45) is 0. The summed E-state index contributed by atoms with van der Waals surface area (Å²) in [6.45, 7) is 3.26. The van der Waals surface area contributed by atoms with E-state index in [-0.39, 0.29) is 5.91 Å². The molecule has 0 atom stereocenters. The SMILES string of the molecule is CC(=O)Oc1ccc(C(=O)Nc2cc(-c3nc4ccccc4[nH]3)ccc2C)cc1. The number of anilines is 1. The van der Waals surface area contributed by atoms with Crippen LogP contribution in [0.1, 0.15) is 22.8 Å². The number of carbonyl (C=O) groups excluding carboxylic acids is 2. The molecule has 3 aromatic carbocycles. The number of hydrogen-bond donors (Lipinski definition) is 2. The molecule has 0 fully saturated rings. The lowest BCUT2D eigenvalue weighted by Crippen LogP contribution is -2.13. The fourth-order valence-electron chi connectivity index (χ4n) is 3.03. The Morgan fingerprint density at radius 3 is 2.48 bits per heavy atom. The maximum Gasteiger partial charge on any atom is 0.308 e. The Hall–Kier alpha value is -3.93. The number of aromatic nitrogens is 2. The molecule has 0 aliphatic rings. The summed E-state index contributed by atoms with van der Waals surface area (Å²) in [7, 11) is 0. The average molecular weight is 385 g/mol. The van der Waals surface area contributed by atoms with Gasteiger partial charge in [-0.15, -0.1) is 0 Å². The van der Waals surface area contributed by atoms with E-state index in [0.717, 1.165) is 28.0 Å². The maximum atomic E-state index is 12.6. The van der Waals surface area contributed by atoms with Crippen molar-refractivity contribution in [2.45, 2.75) is 13.8 Å². The standard InChI is InChI=1S/C23H19N3O3/c1-14-7-8-17(22-24-19-5-3-4-6-20(19)25-22)13-21(14)26-23(28)16-9-11-18(12-10-16)29-15(2)27/h3-13H,1-2H3,(H,24,25)(H,26,28). The highest BCUT2D eigenvalue weighted by molar-refractivity contribution is 6.05. The van der Waals surface area contributed by atoms with Crippen molar-refractivity contribution in [2.24, 2.45) is 0 Å². The number of ether oxygens (including phenoxy) is 1. The minimum atomic E-state index is -0.403. The molecule has 0 bridgehead atoms. The number of aromatic amines is 1. The number of para-hydroxylation sites is 2. The van der Waals surface area contributed by atoms with Gasteiger partial charge in [-0.25, -0.2) is 4.98 Å². The molecule has 0 radical (unpaired) electrons. The highest BCUT2D eigenvalue weighted by Gasteiger charge is 2.11. The molecule has 0 unspecified atom stereocenters. The first-order chi connectivity index (χ1) is 14.0. The molecule has 1 amide bonds. The van der Waals surface area contributed by atoms with Gasteiger partial charge in [0, 0.05) is 23.7 Å². The summed E-state index contributed by atoms with van der Waals surface area (Å²) in [5.74, 6) is 0.494. The zero-order valence-corrected chi connectivity index (χ0v) is 16.0.